The van der Waals surface area contributed by atoms with E-state index >= 15 is 0 Å². The number of fused-ring (bicyclic) bond motifs is 1. The summed E-state index contributed by atoms with van der Waals surface area (Å²) in [4.78, 5) is 14.1. The highest BCUT2D eigenvalue weighted by molar-refractivity contribution is 7.14. The molecule has 25 heavy (non-hydrogen) atoms. The Bertz CT molecular complexity index is 1080. The van der Waals surface area contributed by atoms with Crippen LogP contribution in [0.15, 0.2) is 60.0 Å². The van der Waals surface area contributed by atoms with Gasteiger partial charge in [-0.25, -0.2) is 4.39 Å². The van der Waals surface area contributed by atoms with E-state index in [0.29, 0.717) is 11.3 Å². The van der Waals surface area contributed by atoms with E-state index in [0.717, 1.165) is 22.0 Å². The van der Waals surface area contributed by atoms with Crippen LogP contribution in [0.3, 0.4) is 0 Å². The first kappa shape index (κ1) is 15.7. The molecule has 4 aromatic rings. The Morgan fingerprint density at radius 1 is 1.04 bits per heavy atom. The second-order valence-electron chi connectivity index (χ2n) is 5.94. The number of para-hydroxylation sites is 1. The van der Waals surface area contributed by atoms with Crippen molar-refractivity contribution in [3.63, 3.8) is 0 Å². The van der Waals surface area contributed by atoms with Crippen molar-refractivity contribution in [2.24, 2.45) is 0 Å². The SMILES string of the molecule is Cc1csc2n1c(C(=O)c1ccc(F)cc1)c(C)[n+]2-c1ccccc1. The molecule has 3 nitrogen and oxygen atoms in total. The number of thiazole rings is 1. The molecule has 0 aliphatic heterocycles. The van der Waals surface area contributed by atoms with Crippen LogP contribution in [0.25, 0.3) is 10.6 Å². The number of carbonyl (C=O) groups is 1. The molecule has 0 unspecified atom stereocenters. The molecule has 2 aromatic carbocycles. The number of nitrogens with zero attached hydrogens (tertiary/aromatic N) is 2. The fraction of sp³-hybridized carbons (Fsp3) is 0.100. The van der Waals surface area contributed by atoms with E-state index in [-0.39, 0.29) is 11.6 Å². The minimum Gasteiger partial charge on any atom is -0.284 e. The Kier molecular flexibility index (Phi) is 3.73. The number of hydrogen-bond donors (Lipinski definition) is 0. The van der Waals surface area contributed by atoms with Crippen molar-refractivity contribution in [1.82, 2.24) is 4.40 Å². The number of carbonyl (C=O) groups excluding carboxylic acids is 1. The molecule has 5 heteroatoms. The van der Waals surface area contributed by atoms with E-state index in [2.05, 4.69) is 4.57 Å². The number of aryl methyl sites for hydroxylation is 1. The van der Waals surface area contributed by atoms with Gasteiger partial charge in [0.05, 0.1) is 0 Å². The zero-order chi connectivity index (χ0) is 17.6. The van der Waals surface area contributed by atoms with E-state index in [1.54, 1.807) is 11.3 Å². The molecular weight excluding hydrogens is 335 g/mol. The molecule has 124 valence electrons. The summed E-state index contributed by atoms with van der Waals surface area (Å²) in [5.41, 5.74) is 3.98. The molecule has 4 rings (SSSR count). The minimum absolute atomic E-state index is 0.108. The average molecular weight is 351 g/mol. The van der Waals surface area contributed by atoms with E-state index in [4.69, 9.17) is 0 Å². The molecule has 0 radical (unpaired) electrons. The van der Waals surface area contributed by atoms with Gasteiger partial charge in [-0.3, -0.25) is 4.79 Å². The molecule has 2 aromatic heterocycles. The smallest absolute Gasteiger partial charge is 0.284 e. The largest absolute Gasteiger partial charge is 0.351 e. The van der Waals surface area contributed by atoms with Crippen LogP contribution in [0, 0.1) is 19.7 Å². The lowest BCUT2D eigenvalue weighted by Crippen LogP contribution is -2.32. The summed E-state index contributed by atoms with van der Waals surface area (Å²) in [6, 6.07) is 15.7. The summed E-state index contributed by atoms with van der Waals surface area (Å²) < 4.78 is 17.3. The van der Waals surface area contributed by atoms with Crippen LogP contribution in [0.5, 0.6) is 0 Å². The first-order valence-corrected chi connectivity index (χ1v) is 8.82. The monoisotopic (exact) mass is 351 g/mol. The number of imidazole rings is 1. The average Bonchev–Trinajstić information content (AvgIpc) is 3.12. The lowest BCUT2D eigenvalue weighted by atomic mass is 10.1. The second kappa shape index (κ2) is 5.93. The number of aromatic nitrogens is 2. The van der Waals surface area contributed by atoms with Crippen LogP contribution in [0.1, 0.15) is 27.4 Å². The van der Waals surface area contributed by atoms with Crippen LogP contribution in [0.4, 0.5) is 4.39 Å². The third-order valence-electron chi connectivity index (χ3n) is 4.31. The summed E-state index contributed by atoms with van der Waals surface area (Å²) in [5.74, 6) is -0.455. The maximum atomic E-state index is 13.2. The van der Waals surface area contributed by atoms with Gasteiger partial charge in [0.15, 0.2) is 5.69 Å². The Morgan fingerprint density at radius 2 is 1.72 bits per heavy atom. The van der Waals surface area contributed by atoms with Gasteiger partial charge in [0.1, 0.15) is 17.2 Å². The van der Waals surface area contributed by atoms with Gasteiger partial charge in [-0.15, -0.1) is 0 Å². The Morgan fingerprint density at radius 3 is 2.40 bits per heavy atom. The maximum absolute atomic E-state index is 13.2. The molecule has 0 fully saturated rings. The lowest BCUT2D eigenvalue weighted by Gasteiger charge is -2.00. The van der Waals surface area contributed by atoms with Gasteiger partial charge < -0.3 is 0 Å². The first-order chi connectivity index (χ1) is 12.1. The summed E-state index contributed by atoms with van der Waals surface area (Å²) in [7, 11) is 0. The van der Waals surface area contributed by atoms with Crippen LogP contribution < -0.4 is 4.57 Å². The number of benzene rings is 2. The predicted molar refractivity (Wildman–Crippen MR) is 96.1 cm³/mol. The van der Waals surface area contributed by atoms with E-state index in [1.807, 2.05) is 54.0 Å². The van der Waals surface area contributed by atoms with Crippen LogP contribution in [-0.2, 0) is 0 Å². The van der Waals surface area contributed by atoms with Crippen molar-refractivity contribution >= 4 is 22.1 Å². The molecule has 0 atom stereocenters. The fourth-order valence-corrected chi connectivity index (χ4v) is 4.18. The normalized spacial score (nSPS) is 11.2. The molecule has 0 bridgehead atoms. The van der Waals surface area contributed by atoms with Crippen molar-refractivity contribution < 1.29 is 13.8 Å². The molecule has 0 saturated carbocycles. The lowest BCUT2D eigenvalue weighted by molar-refractivity contribution is -0.571. The van der Waals surface area contributed by atoms with Gasteiger partial charge >= 0.3 is 4.96 Å². The summed E-state index contributed by atoms with van der Waals surface area (Å²) >= 11 is 1.60. The Hall–Kier alpha value is -2.79. The third-order valence-corrected chi connectivity index (χ3v) is 5.34. The van der Waals surface area contributed by atoms with Crippen LogP contribution >= 0.6 is 11.3 Å². The Labute approximate surface area is 148 Å². The number of halogens is 1. The van der Waals surface area contributed by atoms with Gasteiger partial charge in [0.2, 0.25) is 11.5 Å². The van der Waals surface area contributed by atoms with Crippen molar-refractivity contribution in [1.29, 1.82) is 0 Å². The highest BCUT2D eigenvalue weighted by Crippen LogP contribution is 2.23. The first-order valence-electron chi connectivity index (χ1n) is 7.95. The van der Waals surface area contributed by atoms with Crippen molar-refractivity contribution in [2.75, 3.05) is 0 Å². The standard InChI is InChI=1S/C20H16FN2OS/c1-13-12-25-20-22(13)18(19(24)15-8-10-16(21)11-9-15)14(2)23(20)17-6-4-3-5-7-17/h3-12H,1-2H3/q+1. The second-order valence-corrected chi connectivity index (χ2v) is 6.77. The van der Waals surface area contributed by atoms with E-state index in [9.17, 15) is 9.18 Å². The van der Waals surface area contributed by atoms with Gasteiger partial charge in [0, 0.05) is 17.9 Å². The van der Waals surface area contributed by atoms with Gasteiger partial charge in [0.25, 0.3) is 0 Å². The molecule has 0 aliphatic rings. The van der Waals surface area contributed by atoms with Crippen LogP contribution in [0.2, 0.25) is 0 Å². The molecule has 0 spiro atoms. The van der Waals surface area contributed by atoms with Gasteiger partial charge in [-0.05, 0) is 43.3 Å². The quantitative estimate of drug-likeness (QED) is 0.400. The molecule has 0 saturated heterocycles. The van der Waals surface area contributed by atoms with E-state index in [1.165, 1.54) is 24.3 Å². The molecule has 2 heterocycles. The Balaban J connectivity index is 1.98. The van der Waals surface area contributed by atoms with Crippen LogP contribution in [-0.4, -0.2) is 10.2 Å². The predicted octanol–water partition coefficient (Wildman–Crippen LogP) is 4.26. The minimum atomic E-state index is -0.348. The van der Waals surface area contributed by atoms with Crippen molar-refractivity contribution in [2.45, 2.75) is 13.8 Å². The maximum Gasteiger partial charge on any atom is 0.351 e. The van der Waals surface area contributed by atoms with E-state index < -0.39 is 0 Å². The molecular formula is C20H16FN2OS+. The third kappa shape index (κ3) is 2.48. The highest BCUT2D eigenvalue weighted by Gasteiger charge is 2.32. The zero-order valence-corrected chi connectivity index (χ0v) is 14.7. The fourth-order valence-electron chi connectivity index (χ4n) is 3.12. The number of ketones is 1. The van der Waals surface area contributed by atoms with Gasteiger partial charge in [-0.1, -0.05) is 29.5 Å². The molecule has 0 N–H and O–H groups in total. The zero-order valence-electron chi connectivity index (χ0n) is 13.9. The molecule has 0 aliphatic carbocycles. The van der Waals surface area contributed by atoms with Crippen molar-refractivity contribution in [3.05, 3.63) is 88.4 Å². The number of rotatable bonds is 3. The highest BCUT2D eigenvalue weighted by atomic mass is 32.1. The summed E-state index contributed by atoms with van der Waals surface area (Å²) in [6.45, 7) is 3.93. The summed E-state index contributed by atoms with van der Waals surface area (Å²) in [5, 5.41) is 2.04. The molecule has 0 amide bonds. The summed E-state index contributed by atoms with van der Waals surface area (Å²) in [6.07, 6.45) is 0. The van der Waals surface area contributed by atoms with Crippen molar-refractivity contribution in [3.8, 4) is 5.69 Å². The van der Waals surface area contributed by atoms with Gasteiger partial charge in [-0.2, -0.15) is 8.97 Å². The number of hydrogen-bond acceptors (Lipinski definition) is 2. The topological polar surface area (TPSA) is 25.4 Å².